The maximum atomic E-state index is 13.5. The molecule has 5 rings (SSSR count). The van der Waals surface area contributed by atoms with Crippen LogP contribution in [0.4, 0.5) is 10.7 Å². The summed E-state index contributed by atoms with van der Waals surface area (Å²) < 4.78 is 11.9. The van der Waals surface area contributed by atoms with Gasteiger partial charge in [0.15, 0.2) is 11.5 Å². The quantitative estimate of drug-likeness (QED) is 0.352. The van der Waals surface area contributed by atoms with Crippen molar-refractivity contribution in [1.29, 1.82) is 0 Å². The number of nitrogens with one attached hydrogen (secondary N) is 1. The van der Waals surface area contributed by atoms with Crippen molar-refractivity contribution in [3.63, 3.8) is 0 Å². The summed E-state index contributed by atoms with van der Waals surface area (Å²) in [6.45, 7) is 7.14. The summed E-state index contributed by atoms with van der Waals surface area (Å²) in [6, 6.07) is 13.4. The van der Waals surface area contributed by atoms with Crippen molar-refractivity contribution in [3.8, 4) is 11.5 Å². The Balaban J connectivity index is 1.48. The second kappa shape index (κ2) is 9.19. The molecule has 0 bridgehead atoms. The first kappa shape index (κ1) is 23.1. The van der Waals surface area contributed by atoms with Gasteiger partial charge in [-0.3, -0.25) is 4.79 Å². The van der Waals surface area contributed by atoms with Gasteiger partial charge in [0.2, 0.25) is 6.79 Å². The van der Waals surface area contributed by atoms with Gasteiger partial charge in [-0.25, -0.2) is 4.99 Å². The van der Waals surface area contributed by atoms with Gasteiger partial charge in [-0.15, -0.1) is 11.3 Å². The fraction of sp³-hybridized carbons (Fsp3) is 0.333. The van der Waals surface area contributed by atoms with Crippen LogP contribution in [0.2, 0.25) is 0 Å². The second-order valence-corrected chi connectivity index (χ2v) is 11.8. The standard InChI is InChI=1S/C27H27BrN2O3S/c1-27(2,3)17-5-10-20-23(13-17)34-26(24(20)25(31)30-19-8-6-18(28)7-9-19)29-14-16-4-11-21-22(12-16)33-15-32-21/h4,6-9,11-12,14,17H,5,10,13,15H2,1-3H3,(H,30,31)/b29-14+. The molecule has 5 nitrogen and oxygen atoms in total. The van der Waals surface area contributed by atoms with Crippen molar-refractivity contribution < 1.29 is 14.3 Å². The SMILES string of the molecule is CC(C)(C)C1CCc2c(sc(/N=C/c3ccc4c(c3)OCO4)c2C(=O)Nc2ccc(Br)cc2)C1. The van der Waals surface area contributed by atoms with Gasteiger partial charge in [-0.05, 0) is 84.2 Å². The van der Waals surface area contributed by atoms with E-state index in [2.05, 4.69) is 42.0 Å². The number of hydrogen-bond acceptors (Lipinski definition) is 5. The molecule has 0 spiro atoms. The molecule has 0 saturated heterocycles. The Labute approximate surface area is 212 Å². The van der Waals surface area contributed by atoms with E-state index < -0.39 is 0 Å². The number of fused-ring (bicyclic) bond motifs is 2. The van der Waals surface area contributed by atoms with Crippen LogP contribution in [-0.4, -0.2) is 18.9 Å². The van der Waals surface area contributed by atoms with Gasteiger partial charge in [0, 0.05) is 21.3 Å². The smallest absolute Gasteiger partial charge is 0.259 e. The predicted octanol–water partition coefficient (Wildman–Crippen LogP) is 7.39. The van der Waals surface area contributed by atoms with Gasteiger partial charge in [0.1, 0.15) is 5.00 Å². The van der Waals surface area contributed by atoms with Crippen molar-refractivity contribution in [2.45, 2.75) is 40.0 Å². The molecule has 1 aliphatic heterocycles. The number of amides is 1. The van der Waals surface area contributed by atoms with Crippen LogP contribution in [0, 0.1) is 11.3 Å². The van der Waals surface area contributed by atoms with E-state index in [4.69, 9.17) is 14.5 Å². The average Bonchev–Trinajstić information content (AvgIpc) is 3.41. The van der Waals surface area contributed by atoms with E-state index in [9.17, 15) is 4.79 Å². The lowest BCUT2D eigenvalue weighted by atomic mass is 9.72. The molecule has 2 heterocycles. The van der Waals surface area contributed by atoms with E-state index >= 15 is 0 Å². The average molecular weight is 539 g/mol. The van der Waals surface area contributed by atoms with E-state index in [0.29, 0.717) is 11.5 Å². The highest BCUT2D eigenvalue weighted by Gasteiger charge is 2.33. The summed E-state index contributed by atoms with van der Waals surface area (Å²) in [5, 5.41) is 3.83. The number of benzene rings is 2. The van der Waals surface area contributed by atoms with Crippen molar-refractivity contribution in [2.75, 3.05) is 12.1 Å². The molecule has 34 heavy (non-hydrogen) atoms. The number of thiophene rings is 1. The van der Waals surface area contributed by atoms with Crippen LogP contribution in [0.15, 0.2) is 51.9 Å². The highest BCUT2D eigenvalue weighted by molar-refractivity contribution is 9.10. The van der Waals surface area contributed by atoms with Gasteiger partial charge in [-0.2, -0.15) is 0 Å². The second-order valence-electron chi connectivity index (χ2n) is 9.82. The van der Waals surface area contributed by atoms with Gasteiger partial charge in [0.05, 0.1) is 5.56 Å². The number of nitrogens with zero attached hydrogens (tertiary/aromatic N) is 1. The minimum Gasteiger partial charge on any atom is -0.454 e. The zero-order valence-electron chi connectivity index (χ0n) is 19.5. The number of carbonyl (C=O) groups excluding carboxylic acids is 1. The fourth-order valence-corrected chi connectivity index (χ4v) is 6.02. The van der Waals surface area contributed by atoms with Crippen LogP contribution in [0.1, 0.15) is 53.6 Å². The highest BCUT2D eigenvalue weighted by Crippen LogP contribution is 2.45. The van der Waals surface area contributed by atoms with E-state index in [1.165, 1.54) is 4.88 Å². The van der Waals surface area contributed by atoms with E-state index in [-0.39, 0.29) is 18.1 Å². The Morgan fingerprint density at radius 3 is 2.68 bits per heavy atom. The molecule has 0 radical (unpaired) electrons. The zero-order chi connectivity index (χ0) is 23.9. The first-order chi connectivity index (χ1) is 16.3. The minimum absolute atomic E-state index is 0.105. The lowest BCUT2D eigenvalue weighted by Gasteiger charge is -2.33. The van der Waals surface area contributed by atoms with Crippen LogP contribution in [-0.2, 0) is 12.8 Å². The topological polar surface area (TPSA) is 59.9 Å². The summed E-state index contributed by atoms with van der Waals surface area (Å²) in [4.78, 5) is 19.6. The van der Waals surface area contributed by atoms with Gasteiger partial charge < -0.3 is 14.8 Å². The number of aliphatic imine (C=N–C) groups is 1. The summed E-state index contributed by atoms with van der Waals surface area (Å²) in [5.41, 5.74) is 3.76. The summed E-state index contributed by atoms with van der Waals surface area (Å²) in [5.74, 6) is 1.95. The Hall–Kier alpha value is -2.64. The van der Waals surface area contributed by atoms with Crippen LogP contribution in [0.5, 0.6) is 11.5 Å². The first-order valence-corrected chi connectivity index (χ1v) is 13.0. The molecule has 1 atom stereocenters. The summed E-state index contributed by atoms with van der Waals surface area (Å²) in [7, 11) is 0. The maximum absolute atomic E-state index is 13.5. The number of anilines is 1. The largest absolute Gasteiger partial charge is 0.454 e. The van der Waals surface area contributed by atoms with Crippen LogP contribution in [0.25, 0.3) is 0 Å². The highest BCUT2D eigenvalue weighted by atomic mass is 79.9. The molecule has 3 aromatic rings. The molecule has 0 saturated carbocycles. The molecule has 7 heteroatoms. The van der Waals surface area contributed by atoms with Crippen LogP contribution < -0.4 is 14.8 Å². The van der Waals surface area contributed by atoms with Gasteiger partial charge in [-0.1, -0.05) is 36.7 Å². The third kappa shape index (κ3) is 4.77. The van der Waals surface area contributed by atoms with Crippen molar-refractivity contribution in [1.82, 2.24) is 0 Å². The summed E-state index contributed by atoms with van der Waals surface area (Å²) >= 11 is 5.09. The van der Waals surface area contributed by atoms with Gasteiger partial charge in [0.25, 0.3) is 5.91 Å². The lowest BCUT2D eigenvalue weighted by Crippen LogP contribution is -2.27. The molecular weight excluding hydrogens is 512 g/mol. The van der Waals surface area contributed by atoms with Gasteiger partial charge >= 0.3 is 0 Å². The molecule has 176 valence electrons. The van der Waals surface area contributed by atoms with E-state index in [0.717, 1.165) is 57.0 Å². The summed E-state index contributed by atoms with van der Waals surface area (Å²) in [6.07, 6.45) is 4.77. The van der Waals surface area contributed by atoms with Crippen molar-refractivity contribution in [3.05, 3.63) is 68.5 Å². The zero-order valence-corrected chi connectivity index (χ0v) is 21.9. The number of rotatable bonds is 4. The molecule has 0 fully saturated rings. The fourth-order valence-electron chi connectivity index (χ4n) is 4.49. The molecule has 1 aliphatic carbocycles. The van der Waals surface area contributed by atoms with Crippen molar-refractivity contribution in [2.24, 2.45) is 16.3 Å². The Morgan fingerprint density at radius 2 is 1.91 bits per heavy atom. The molecule has 2 aromatic carbocycles. The normalized spacial score (nSPS) is 17.1. The van der Waals surface area contributed by atoms with E-state index in [1.54, 1.807) is 17.6 Å². The van der Waals surface area contributed by atoms with Crippen LogP contribution in [0.3, 0.4) is 0 Å². The lowest BCUT2D eigenvalue weighted by molar-refractivity contribution is 0.102. The first-order valence-electron chi connectivity index (χ1n) is 11.4. The molecule has 1 amide bonds. The van der Waals surface area contributed by atoms with Crippen LogP contribution >= 0.6 is 27.3 Å². The molecule has 2 aliphatic rings. The van der Waals surface area contributed by atoms with Crippen molar-refractivity contribution >= 4 is 50.1 Å². The number of hydrogen-bond donors (Lipinski definition) is 1. The minimum atomic E-state index is -0.105. The molecular formula is C27H27BrN2O3S. The Kier molecular flexibility index (Phi) is 6.25. The number of halogens is 1. The Morgan fingerprint density at radius 1 is 1.15 bits per heavy atom. The number of ether oxygens (including phenoxy) is 2. The molecule has 1 unspecified atom stereocenters. The third-order valence-electron chi connectivity index (χ3n) is 6.53. The molecule has 1 aromatic heterocycles. The van der Waals surface area contributed by atoms with E-state index in [1.807, 2.05) is 42.5 Å². The number of carbonyl (C=O) groups is 1. The predicted molar refractivity (Wildman–Crippen MR) is 141 cm³/mol. The Bertz CT molecular complexity index is 1260. The molecule has 1 N–H and O–H groups in total. The third-order valence-corrected chi connectivity index (χ3v) is 8.22. The monoisotopic (exact) mass is 538 g/mol. The maximum Gasteiger partial charge on any atom is 0.259 e.